The third-order valence-corrected chi connectivity index (χ3v) is 2.76. The predicted molar refractivity (Wildman–Crippen MR) is 74.2 cm³/mol. The molecule has 4 heteroatoms. The summed E-state index contributed by atoms with van der Waals surface area (Å²) in [6.45, 7) is 2.12. The first-order valence-electron chi connectivity index (χ1n) is 6.24. The third kappa shape index (κ3) is 3.31. The smallest absolute Gasteiger partial charge is 0.328 e. The average Bonchev–Trinajstić information content (AvgIpc) is 2.85. The van der Waals surface area contributed by atoms with Gasteiger partial charge in [-0.15, -0.1) is 0 Å². The van der Waals surface area contributed by atoms with Crippen LogP contribution in [-0.4, -0.2) is 20.6 Å². The second kappa shape index (κ2) is 6.00. The fourth-order valence-electron chi connectivity index (χ4n) is 1.92. The first kappa shape index (κ1) is 13.1. The Morgan fingerprint density at radius 3 is 3.05 bits per heavy atom. The lowest BCUT2D eigenvalue weighted by atomic mass is 10.2. The largest absolute Gasteiger partial charge is 0.478 e. The molecule has 0 saturated carbocycles. The van der Waals surface area contributed by atoms with E-state index in [0.717, 1.165) is 36.0 Å². The Bertz CT molecular complexity index is 600. The maximum atomic E-state index is 10.5. The molecule has 0 amide bonds. The van der Waals surface area contributed by atoms with E-state index >= 15 is 0 Å². The summed E-state index contributed by atoms with van der Waals surface area (Å²) in [5.41, 5.74) is 1.85. The Morgan fingerprint density at radius 2 is 2.32 bits per heavy atom. The van der Waals surface area contributed by atoms with E-state index in [4.69, 9.17) is 5.11 Å². The minimum Gasteiger partial charge on any atom is -0.478 e. The van der Waals surface area contributed by atoms with Crippen LogP contribution in [0.25, 0.3) is 11.8 Å². The van der Waals surface area contributed by atoms with Crippen LogP contribution in [-0.2, 0) is 11.2 Å². The summed E-state index contributed by atoms with van der Waals surface area (Å²) in [5.74, 6) is 0.0709. The maximum Gasteiger partial charge on any atom is 0.328 e. The van der Waals surface area contributed by atoms with Gasteiger partial charge in [-0.05, 0) is 30.2 Å². The molecule has 1 N–H and O–H groups in total. The highest BCUT2D eigenvalue weighted by molar-refractivity contribution is 5.85. The van der Waals surface area contributed by atoms with Crippen LogP contribution >= 0.6 is 0 Å². The molecule has 4 nitrogen and oxygen atoms in total. The molecule has 0 bridgehead atoms. The molecule has 1 aromatic carbocycles. The lowest BCUT2D eigenvalue weighted by Crippen LogP contribution is -2.00. The topological polar surface area (TPSA) is 55.1 Å². The van der Waals surface area contributed by atoms with Crippen molar-refractivity contribution in [2.45, 2.75) is 19.8 Å². The van der Waals surface area contributed by atoms with Crippen molar-refractivity contribution in [2.75, 3.05) is 0 Å². The zero-order valence-electron chi connectivity index (χ0n) is 10.8. The number of carboxylic acids is 1. The number of carbonyl (C=O) groups is 1. The standard InChI is InChI=1S/C15H16N2O2/c1-2-4-14-16-9-10-17(14)13-6-3-5-12(11-13)7-8-15(18)19/h3,5-11H,2,4H2,1H3,(H,18,19). The Morgan fingerprint density at radius 1 is 1.47 bits per heavy atom. The Hall–Kier alpha value is -2.36. The van der Waals surface area contributed by atoms with Crippen LogP contribution < -0.4 is 0 Å². The molecule has 19 heavy (non-hydrogen) atoms. The van der Waals surface area contributed by atoms with Gasteiger partial charge < -0.3 is 9.67 Å². The number of carboxylic acid groups (broad SMARTS) is 1. The summed E-state index contributed by atoms with van der Waals surface area (Å²) < 4.78 is 2.03. The predicted octanol–water partition coefficient (Wildman–Crippen LogP) is 2.92. The lowest BCUT2D eigenvalue weighted by Gasteiger charge is -2.07. The molecular weight excluding hydrogens is 240 g/mol. The number of imidazole rings is 1. The van der Waals surface area contributed by atoms with E-state index in [-0.39, 0.29) is 0 Å². The summed E-state index contributed by atoms with van der Waals surface area (Å²) in [6.07, 6.45) is 8.38. The monoisotopic (exact) mass is 256 g/mol. The van der Waals surface area contributed by atoms with Crippen LogP contribution in [0.15, 0.2) is 42.7 Å². The molecule has 1 aromatic heterocycles. The molecule has 0 spiro atoms. The minimum absolute atomic E-state index is 0.857. The maximum absolute atomic E-state index is 10.5. The normalized spacial score (nSPS) is 11.0. The van der Waals surface area contributed by atoms with Gasteiger partial charge in [0.15, 0.2) is 0 Å². The number of hydrogen-bond donors (Lipinski definition) is 1. The van der Waals surface area contributed by atoms with Crippen LogP contribution in [0.2, 0.25) is 0 Å². The zero-order valence-corrected chi connectivity index (χ0v) is 10.8. The Kier molecular flexibility index (Phi) is 4.13. The quantitative estimate of drug-likeness (QED) is 0.837. The molecule has 0 aliphatic carbocycles. The number of aliphatic carboxylic acids is 1. The number of hydrogen-bond acceptors (Lipinski definition) is 2. The lowest BCUT2D eigenvalue weighted by molar-refractivity contribution is -0.131. The van der Waals surface area contributed by atoms with Crippen molar-refractivity contribution >= 4 is 12.0 Å². The van der Waals surface area contributed by atoms with Gasteiger partial charge in [-0.2, -0.15) is 0 Å². The van der Waals surface area contributed by atoms with Gasteiger partial charge in [0, 0.05) is 30.6 Å². The van der Waals surface area contributed by atoms with E-state index in [0.29, 0.717) is 0 Å². The van der Waals surface area contributed by atoms with Gasteiger partial charge in [-0.1, -0.05) is 19.1 Å². The van der Waals surface area contributed by atoms with Crippen LogP contribution in [0, 0.1) is 0 Å². The van der Waals surface area contributed by atoms with E-state index < -0.39 is 5.97 Å². The molecular formula is C15H16N2O2. The molecule has 0 radical (unpaired) electrons. The van der Waals surface area contributed by atoms with Gasteiger partial charge >= 0.3 is 5.97 Å². The first-order chi connectivity index (χ1) is 9.20. The summed E-state index contributed by atoms with van der Waals surface area (Å²) in [6, 6.07) is 7.71. The van der Waals surface area contributed by atoms with E-state index in [1.807, 2.05) is 35.0 Å². The molecule has 2 aromatic rings. The highest BCUT2D eigenvalue weighted by Crippen LogP contribution is 2.15. The number of aromatic nitrogens is 2. The van der Waals surface area contributed by atoms with Crippen molar-refractivity contribution in [3.63, 3.8) is 0 Å². The van der Waals surface area contributed by atoms with Crippen LogP contribution in [0.5, 0.6) is 0 Å². The number of aryl methyl sites for hydroxylation is 1. The highest BCUT2D eigenvalue weighted by atomic mass is 16.4. The molecule has 98 valence electrons. The van der Waals surface area contributed by atoms with E-state index in [1.54, 1.807) is 12.3 Å². The molecule has 1 heterocycles. The van der Waals surface area contributed by atoms with E-state index in [1.165, 1.54) is 0 Å². The number of nitrogens with zero attached hydrogens (tertiary/aromatic N) is 2. The van der Waals surface area contributed by atoms with E-state index in [9.17, 15) is 4.79 Å². The Labute approximate surface area is 112 Å². The molecule has 0 atom stereocenters. The van der Waals surface area contributed by atoms with E-state index in [2.05, 4.69) is 11.9 Å². The van der Waals surface area contributed by atoms with Crippen LogP contribution in [0.3, 0.4) is 0 Å². The molecule has 0 saturated heterocycles. The van der Waals surface area contributed by atoms with Crippen molar-refractivity contribution < 1.29 is 9.90 Å². The molecule has 2 rings (SSSR count). The number of benzene rings is 1. The molecule has 0 aliphatic heterocycles. The molecule has 0 aliphatic rings. The van der Waals surface area contributed by atoms with Crippen molar-refractivity contribution in [2.24, 2.45) is 0 Å². The van der Waals surface area contributed by atoms with Gasteiger partial charge in [0.2, 0.25) is 0 Å². The Balaban J connectivity index is 2.32. The fraction of sp³-hybridized carbons (Fsp3) is 0.200. The average molecular weight is 256 g/mol. The molecule has 0 fully saturated rings. The highest BCUT2D eigenvalue weighted by Gasteiger charge is 2.04. The van der Waals surface area contributed by atoms with Gasteiger partial charge in [-0.25, -0.2) is 9.78 Å². The minimum atomic E-state index is -0.945. The molecule has 0 unspecified atom stereocenters. The number of rotatable bonds is 5. The third-order valence-electron chi connectivity index (χ3n) is 2.76. The second-order valence-corrected chi connectivity index (χ2v) is 4.23. The summed E-state index contributed by atoms with van der Waals surface area (Å²) >= 11 is 0. The zero-order chi connectivity index (χ0) is 13.7. The van der Waals surface area contributed by atoms with Crippen molar-refractivity contribution in [1.82, 2.24) is 9.55 Å². The fourth-order valence-corrected chi connectivity index (χ4v) is 1.92. The van der Waals surface area contributed by atoms with Gasteiger partial charge in [0.05, 0.1) is 0 Å². The van der Waals surface area contributed by atoms with Crippen molar-refractivity contribution in [3.05, 3.63) is 54.1 Å². The van der Waals surface area contributed by atoms with Gasteiger partial charge in [0.25, 0.3) is 0 Å². The van der Waals surface area contributed by atoms with Crippen LogP contribution in [0.4, 0.5) is 0 Å². The van der Waals surface area contributed by atoms with Crippen molar-refractivity contribution in [1.29, 1.82) is 0 Å². The first-order valence-corrected chi connectivity index (χ1v) is 6.24. The summed E-state index contributed by atoms with van der Waals surface area (Å²) in [5, 5.41) is 8.64. The van der Waals surface area contributed by atoms with Crippen molar-refractivity contribution in [3.8, 4) is 5.69 Å². The summed E-state index contributed by atoms with van der Waals surface area (Å²) in [4.78, 5) is 14.9. The summed E-state index contributed by atoms with van der Waals surface area (Å²) in [7, 11) is 0. The van der Waals surface area contributed by atoms with Gasteiger partial charge in [0.1, 0.15) is 5.82 Å². The second-order valence-electron chi connectivity index (χ2n) is 4.23. The van der Waals surface area contributed by atoms with Gasteiger partial charge in [-0.3, -0.25) is 0 Å². The SMILES string of the molecule is CCCc1nccn1-c1cccc(C=CC(=O)O)c1. The van der Waals surface area contributed by atoms with Crippen LogP contribution in [0.1, 0.15) is 24.7 Å².